The van der Waals surface area contributed by atoms with Gasteiger partial charge in [-0.3, -0.25) is 14.9 Å². The van der Waals surface area contributed by atoms with Gasteiger partial charge < -0.3 is 10.1 Å². The molecule has 0 radical (unpaired) electrons. The van der Waals surface area contributed by atoms with Gasteiger partial charge in [-0.2, -0.15) is 4.31 Å². The Hall–Kier alpha value is -2.69. The summed E-state index contributed by atoms with van der Waals surface area (Å²) in [5.41, 5.74) is 0.581. The lowest BCUT2D eigenvalue weighted by Crippen LogP contribution is -2.43. The number of nitro groups is 1. The third kappa shape index (κ3) is 4.81. The third-order valence-electron chi connectivity index (χ3n) is 5.28. The van der Waals surface area contributed by atoms with E-state index >= 15 is 0 Å². The lowest BCUT2D eigenvalue weighted by atomic mass is 9.98. The molecule has 1 N–H and O–H groups in total. The number of piperidine rings is 1. The van der Waals surface area contributed by atoms with Crippen LogP contribution in [0.25, 0.3) is 0 Å². The van der Waals surface area contributed by atoms with Gasteiger partial charge in [-0.1, -0.05) is 17.7 Å². The average Bonchev–Trinajstić information content (AvgIpc) is 2.75. The summed E-state index contributed by atoms with van der Waals surface area (Å²) in [7, 11) is -2.41. The number of sulfonamides is 1. The molecule has 0 spiro atoms. The topological polar surface area (TPSA) is 119 Å². The number of carbonyl (C=O) groups excluding carboxylic acids is 1. The number of methoxy groups -OCH3 is 1. The number of ether oxygens (including phenoxy) is 1. The summed E-state index contributed by atoms with van der Waals surface area (Å²) in [5.74, 6) is -0.601. The maximum atomic E-state index is 13.1. The Morgan fingerprint density at radius 3 is 2.71 bits per heavy atom. The van der Waals surface area contributed by atoms with E-state index in [0.717, 1.165) is 0 Å². The van der Waals surface area contributed by atoms with Gasteiger partial charge in [0.05, 0.1) is 39.1 Å². The average molecular weight is 468 g/mol. The summed E-state index contributed by atoms with van der Waals surface area (Å²) >= 11 is 6.07. The minimum absolute atomic E-state index is 0.00574. The lowest BCUT2D eigenvalue weighted by Gasteiger charge is -2.31. The van der Waals surface area contributed by atoms with Crippen molar-refractivity contribution in [3.63, 3.8) is 0 Å². The van der Waals surface area contributed by atoms with Gasteiger partial charge in [0.15, 0.2) is 0 Å². The molecule has 9 nitrogen and oxygen atoms in total. The monoisotopic (exact) mass is 467 g/mol. The molecule has 1 amide bonds. The molecule has 3 rings (SSSR count). The molecule has 2 aromatic carbocycles. The molecule has 31 heavy (non-hydrogen) atoms. The molecule has 0 bridgehead atoms. The molecule has 2 aromatic rings. The number of nitro benzene ring substituents is 1. The smallest absolute Gasteiger partial charge is 0.274 e. The van der Waals surface area contributed by atoms with E-state index in [4.69, 9.17) is 16.3 Å². The number of benzene rings is 2. The molecule has 1 heterocycles. The van der Waals surface area contributed by atoms with Crippen LogP contribution >= 0.6 is 11.6 Å². The Kier molecular flexibility index (Phi) is 6.83. The molecular formula is C20H22ClN3O6S. The fourth-order valence-corrected chi connectivity index (χ4v) is 5.40. The Labute approximate surface area is 185 Å². The maximum absolute atomic E-state index is 13.1. The zero-order valence-electron chi connectivity index (χ0n) is 17.0. The number of nitrogens with one attached hydrogen (secondary N) is 1. The van der Waals surface area contributed by atoms with E-state index in [1.54, 1.807) is 13.0 Å². The van der Waals surface area contributed by atoms with Crippen molar-refractivity contribution in [3.05, 3.63) is 57.1 Å². The van der Waals surface area contributed by atoms with Crippen molar-refractivity contribution < 1.29 is 22.9 Å². The Bertz CT molecular complexity index is 1120. The van der Waals surface area contributed by atoms with Crippen LogP contribution in [0.1, 0.15) is 18.4 Å². The standard InChI is InChI=1S/C20H22ClN3O6S/c1-13-17(6-3-7-18(13)24(26)27)22-20(25)14-5-4-10-23(12-14)31(28,29)15-8-9-19(30-2)16(21)11-15/h3,6-9,11,14H,4-5,10,12H2,1-2H3,(H,22,25)/t14-/m0/s1. The zero-order valence-corrected chi connectivity index (χ0v) is 18.6. The first-order valence-corrected chi connectivity index (χ1v) is 11.4. The van der Waals surface area contributed by atoms with Crippen LogP contribution in [-0.2, 0) is 14.8 Å². The molecule has 0 aromatic heterocycles. The summed E-state index contributed by atoms with van der Waals surface area (Å²) in [6.07, 6.45) is 1.02. The molecule has 0 saturated carbocycles. The number of nitrogens with zero attached hydrogens (tertiary/aromatic N) is 2. The first-order chi connectivity index (χ1) is 14.6. The van der Waals surface area contributed by atoms with E-state index in [0.29, 0.717) is 29.8 Å². The summed E-state index contributed by atoms with van der Waals surface area (Å²) < 4.78 is 32.4. The molecule has 1 atom stereocenters. The van der Waals surface area contributed by atoms with Crippen molar-refractivity contribution in [3.8, 4) is 5.75 Å². The van der Waals surface area contributed by atoms with E-state index in [1.165, 1.54) is 41.7 Å². The molecule has 0 aliphatic carbocycles. The van der Waals surface area contributed by atoms with Gasteiger partial charge in [0.2, 0.25) is 15.9 Å². The number of anilines is 1. The minimum atomic E-state index is -3.85. The van der Waals surface area contributed by atoms with E-state index in [9.17, 15) is 23.3 Å². The summed E-state index contributed by atoms with van der Waals surface area (Å²) in [5, 5.41) is 14.0. The quantitative estimate of drug-likeness (QED) is 0.512. The van der Waals surface area contributed by atoms with Crippen molar-refractivity contribution >= 4 is 38.9 Å². The highest BCUT2D eigenvalue weighted by Gasteiger charge is 2.34. The van der Waals surface area contributed by atoms with Gasteiger partial charge in [-0.15, -0.1) is 0 Å². The molecular weight excluding hydrogens is 446 g/mol. The molecule has 1 saturated heterocycles. The first kappa shape index (κ1) is 23.0. The van der Waals surface area contributed by atoms with Crippen LogP contribution in [0.15, 0.2) is 41.3 Å². The highest BCUT2D eigenvalue weighted by atomic mass is 35.5. The van der Waals surface area contributed by atoms with E-state index in [1.807, 2.05) is 0 Å². The van der Waals surface area contributed by atoms with Crippen LogP contribution in [-0.4, -0.2) is 43.8 Å². The summed E-state index contributed by atoms with van der Waals surface area (Å²) in [4.78, 5) is 23.4. The SMILES string of the molecule is COc1ccc(S(=O)(=O)N2CCC[C@H](C(=O)Nc3cccc([N+](=O)[O-])c3C)C2)cc1Cl. The largest absolute Gasteiger partial charge is 0.495 e. The number of carbonyl (C=O) groups is 1. The molecule has 1 aliphatic heterocycles. The van der Waals surface area contributed by atoms with Gasteiger partial charge in [-0.25, -0.2) is 8.42 Å². The minimum Gasteiger partial charge on any atom is -0.495 e. The van der Waals surface area contributed by atoms with Crippen LogP contribution in [0.4, 0.5) is 11.4 Å². The normalized spacial score (nSPS) is 17.2. The van der Waals surface area contributed by atoms with Crippen molar-refractivity contribution in [1.82, 2.24) is 4.31 Å². The second-order valence-corrected chi connectivity index (χ2v) is 9.54. The highest BCUT2D eigenvalue weighted by molar-refractivity contribution is 7.89. The van der Waals surface area contributed by atoms with Crippen molar-refractivity contribution in [2.75, 3.05) is 25.5 Å². The van der Waals surface area contributed by atoms with Crippen LogP contribution in [0.3, 0.4) is 0 Å². The maximum Gasteiger partial charge on any atom is 0.274 e. The van der Waals surface area contributed by atoms with Crippen molar-refractivity contribution in [2.45, 2.75) is 24.7 Å². The van der Waals surface area contributed by atoms with E-state index in [-0.39, 0.29) is 34.6 Å². The number of hydrogen-bond donors (Lipinski definition) is 1. The lowest BCUT2D eigenvalue weighted by molar-refractivity contribution is -0.385. The number of rotatable bonds is 6. The zero-order chi connectivity index (χ0) is 22.8. The first-order valence-electron chi connectivity index (χ1n) is 9.53. The van der Waals surface area contributed by atoms with Crippen LogP contribution in [0.5, 0.6) is 5.75 Å². The molecule has 1 fully saturated rings. The predicted molar refractivity (Wildman–Crippen MR) is 116 cm³/mol. The third-order valence-corrected chi connectivity index (χ3v) is 7.43. The second kappa shape index (κ2) is 9.21. The number of halogens is 1. The second-order valence-electron chi connectivity index (χ2n) is 7.19. The summed E-state index contributed by atoms with van der Waals surface area (Å²) in [6, 6.07) is 8.65. The molecule has 11 heteroatoms. The van der Waals surface area contributed by atoms with Crippen LogP contribution < -0.4 is 10.1 Å². The van der Waals surface area contributed by atoms with E-state index < -0.39 is 20.9 Å². The Morgan fingerprint density at radius 2 is 2.06 bits per heavy atom. The van der Waals surface area contributed by atoms with Gasteiger partial charge in [0.1, 0.15) is 5.75 Å². The molecule has 1 aliphatic rings. The number of hydrogen-bond acceptors (Lipinski definition) is 6. The Morgan fingerprint density at radius 1 is 1.32 bits per heavy atom. The van der Waals surface area contributed by atoms with Crippen LogP contribution in [0.2, 0.25) is 5.02 Å². The number of amides is 1. The predicted octanol–water partition coefficient (Wildman–Crippen LogP) is 3.60. The van der Waals surface area contributed by atoms with Gasteiger partial charge in [0, 0.05) is 19.2 Å². The summed E-state index contributed by atoms with van der Waals surface area (Å²) in [6.45, 7) is 1.84. The Balaban J connectivity index is 1.77. The molecule has 0 unspecified atom stereocenters. The molecule has 166 valence electrons. The van der Waals surface area contributed by atoms with Gasteiger partial charge >= 0.3 is 0 Å². The fourth-order valence-electron chi connectivity index (χ4n) is 3.52. The highest BCUT2D eigenvalue weighted by Crippen LogP contribution is 2.31. The van der Waals surface area contributed by atoms with E-state index in [2.05, 4.69) is 5.32 Å². The van der Waals surface area contributed by atoms with Gasteiger partial charge in [0.25, 0.3) is 5.69 Å². The van der Waals surface area contributed by atoms with Crippen molar-refractivity contribution in [1.29, 1.82) is 0 Å². The van der Waals surface area contributed by atoms with Crippen LogP contribution in [0, 0.1) is 23.0 Å². The van der Waals surface area contributed by atoms with Gasteiger partial charge in [-0.05, 0) is 44.0 Å². The van der Waals surface area contributed by atoms with Crippen molar-refractivity contribution in [2.24, 2.45) is 5.92 Å². The fraction of sp³-hybridized carbons (Fsp3) is 0.350.